The molecule has 0 radical (unpaired) electrons. The van der Waals surface area contributed by atoms with E-state index in [0.717, 1.165) is 22.3 Å². The Balaban J connectivity index is 2.24. The summed E-state index contributed by atoms with van der Waals surface area (Å²) in [6, 6.07) is 12.1. The van der Waals surface area contributed by atoms with E-state index in [4.69, 9.17) is 9.47 Å². The highest BCUT2D eigenvalue weighted by Crippen LogP contribution is 2.43. The Morgan fingerprint density at radius 1 is 0.970 bits per heavy atom. The Labute approximate surface area is 195 Å². The van der Waals surface area contributed by atoms with Gasteiger partial charge in [-0.2, -0.15) is 0 Å². The highest BCUT2D eigenvalue weighted by molar-refractivity contribution is 6.26. The van der Waals surface area contributed by atoms with E-state index >= 15 is 0 Å². The molecule has 0 saturated heterocycles. The third-order valence-corrected chi connectivity index (χ3v) is 5.80. The Kier molecular flexibility index (Phi) is 6.42. The molecule has 3 rings (SSSR count). The van der Waals surface area contributed by atoms with Crippen molar-refractivity contribution in [3.8, 4) is 11.1 Å². The average molecular weight is 453 g/mol. The summed E-state index contributed by atoms with van der Waals surface area (Å²) in [5.74, 6) is -0.724. The molecule has 0 aromatic heterocycles. The van der Waals surface area contributed by atoms with Crippen molar-refractivity contribution in [1.29, 1.82) is 0 Å². The van der Waals surface area contributed by atoms with Crippen molar-refractivity contribution >= 4 is 17.3 Å². The second-order valence-corrected chi connectivity index (χ2v) is 10.5. The summed E-state index contributed by atoms with van der Waals surface area (Å²) < 4.78 is 25.4. The smallest absolute Gasteiger partial charge is 0.316 e. The zero-order valence-corrected chi connectivity index (χ0v) is 20.8. The molecule has 5 heteroatoms. The minimum absolute atomic E-state index is 0.232. The van der Waals surface area contributed by atoms with E-state index in [2.05, 4.69) is 0 Å². The summed E-state index contributed by atoms with van der Waals surface area (Å²) in [5.41, 5.74) is 0.992. The van der Waals surface area contributed by atoms with Crippen molar-refractivity contribution in [2.24, 2.45) is 5.41 Å². The maximum Gasteiger partial charge on any atom is 0.316 e. The molecule has 0 saturated carbocycles. The van der Waals surface area contributed by atoms with Crippen LogP contribution in [0.4, 0.5) is 4.39 Å². The number of ether oxygens (including phenoxy) is 2. The van der Waals surface area contributed by atoms with Crippen LogP contribution < -0.4 is 0 Å². The third-order valence-electron chi connectivity index (χ3n) is 5.80. The predicted octanol–water partition coefficient (Wildman–Crippen LogP) is 6.51. The molecule has 0 amide bonds. The van der Waals surface area contributed by atoms with Crippen molar-refractivity contribution in [1.82, 2.24) is 0 Å². The molecule has 176 valence electrons. The Bertz CT molecular complexity index is 1120. The molecule has 0 atom stereocenters. The Morgan fingerprint density at radius 3 is 2.09 bits per heavy atom. The SMILES string of the molecule is CCc1cc(-c2ccc(F)cc2)ccc1C1=C(OC(=O)C(C)(C)C)C(C)(C)OC(C)(C)C1=O. The third kappa shape index (κ3) is 4.93. The van der Waals surface area contributed by atoms with Crippen LogP contribution in [0.15, 0.2) is 48.2 Å². The van der Waals surface area contributed by atoms with E-state index in [1.54, 1.807) is 46.8 Å². The van der Waals surface area contributed by atoms with E-state index in [9.17, 15) is 14.0 Å². The summed E-state index contributed by atoms with van der Waals surface area (Å²) in [5, 5.41) is 0. The fourth-order valence-electron chi connectivity index (χ4n) is 4.05. The van der Waals surface area contributed by atoms with Crippen LogP contribution in [-0.4, -0.2) is 23.0 Å². The van der Waals surface area contributed by atoms with Crippen molar-refractivity contribution < 1.29 is 23.5 Å². The number of Topliss-reactive ketones (excluding diaryl/α,β-unsaturated/α-hetero) is 1. The molecule has 4 nitrogen and oxygen atoms in total. The fraction of sp³-hybridized carbons (Fsp3) is 0.429. The van der Waals surface area contributed by atoms with E-state index in [1.165, 1.54) is 12.1 Å². The number of ketones is 1. The minimum atomic E-state index is -1.09. The molecular formula is C28H33FO4. The monoisotopic (exact) mass is 452 g/mol. The van der Waals surface area contributed by atoms with Gasteiger partial charge in [-0.15, -0.1) is 0 Å². The lowest BCUT2D eigenvalue weighted by molar-refractivity contribution is -0.169. The van der Waals surface area contributed by atoms with Crippen LogP contribution in [0, 0.1) is 11.2 Å². The predicted molar refractivity (Wildman–Crippen MR) is 128 cm³/mol. The molecule has 0 N–H and O–H groups in total. The Morgan fingerprint density at radius 2 is 1.55 bits per heavy atom. The molecule has 1 aliphatic rings. The molecule has 2 aromatic carbocycles. The zero-order chi connectivity index (χ0) is 24.8. The molecule has 0 aliphatic carbocycles. The van der Waals surface area contributed by atoms with E-state index in [0.29, 0.717) is 12.0 Å². The van der Waals surface area contributed by atoms with Gasteiger partial charge in [0.1, 0.15) is 17.0 Å². The first-order chi connectivity index (χ1) is 15.2. The van der Waals surface area contributed by atoms with Crippen molar-refractivity contribution in [3.63, 3.8) is 0 Å². The van der Waals surface area contributed by atoms with Crippen LogP contribution in [0.5, 0.6) is 0 Å². The fourth-order valence-corrected chi connectivity index (χ4v) is 4.05. The van der Waals surface area contributed by atoms with Crippen LogP contribution in [0.25, 0.3) is 16.7 Å². The van der Waals surface area contributed by atoms with Crippen LogP contribution in [0.2, 0.25) is 0 Å². The number of aryl methyl sites for hydroxylation is 1. The highest BCUT2D eigenvalue weighted by Gasteiger charge is 2.49. The van der Waals surface area contributed by atoms with Crippen LogP contribution in [0.3, 0.4) is 0 Å². The number of esters is 1. The van der Waals surface area contributed by atoms with Crippen molar-refractivity contribution in [2.75, 3.05) is 0 Å². The maximum atomic E-state index is 13.6. The maximum absolute atomic E-state index is 13.6. The van der Waals surface area contributed by atoms with Crippen LogP contribution in [0.1, 0.15) is 66.5 Å². The molecule has 1 aliphatic heterocycles. The lowest BCUT2D eigenvalue weighted by Crippen LogP contribution is -2.50. The number of carbonyl (C=O) groups is 2. The van der Waals surface area contributed by atoms with Crippen LogP contribution >= 0.6 is 0 Å². The van der Waals surface area contributed by atoms with Gasteiger partial charge in [-0.1, -0.05) is 37.3 Å². The number of carbonyl (C=O) groups excluding carboxylic acids is 2. The zero-order valence-electron chi connectivity index (χ0n) is 20.8. The lowest BCUT2D eigenvalue weighted by atomic mass is 9.80. The van der Waals surface area contributed by atoms with E-state index in [1.807, 2.05) is 39.0 Å². The standard InChI is InChI=1S/C28H33FO4/c1-9-17-16-19(18-10-13-20(29)14-11-18)12-15-21(17)22-23(30)27(5,6)33-28(7,8)24(22)32-25(31)26(2,3)4/h10-16H,9H2,1-8H3. The summed E-state index contributed by atoms with van der Waals surface area (Å²) in [7, 11) is 0. The summed E-state index contributed by atoms with van der Waals surface area (Å²) in [6.45, 7) is 14.4. The first-order valence-corrected chi connectivity index (χ1v) is 11.3. The lowest BCUT2D eigenvalue weighted by Gasteiger charge is -2.42. The van der Waals surface area contributed by atoms with Gasteiger partial charge in [0.15, 0.2) is 11.5 Å². The molecule has 0 unspecified atom stereocenters. The number of hydrogen-bond donors (Lipinski definition) is 0. The van der Waals surface area contributed by atoms with Gasteiger partial charge >= 0.3 is 5.97 Å². The first-order valence-electron chi connectivity index (χ1n) is 11.3. The second-order valence-electron chi connectivity index (χ2n) is 10.5. The van der Waals surface area contributed by atoms with E-state index < -0.39 is 22.6 Å². The second kappa shape index (κ2) is 8.53. The van der Waals surface area contributed by atoms with Gasteiger partial charge in [0.05, 0.1) is 11.0 Å². The number of benzene rings is 2. The first kappa shape index (κ1) is 24.8. The molecule has 0 spiro atoms. The highest BCUT2D eigenvalue weighted by atomic mass is 19.1. The minimum Gasteiger partial charge on any atom is -0.427 e. The number of rotatable bonds is 4. The van der Waals surface area contributed by atoms with Gasteiger partial charge in [-0.3, -0.25) is 9.59 Å². The quantitative estimate of drug-likeness (QED) is 0.496. The summed E-state index contributed by atoms with van der Waals surface area (Å²) >= 11 is 0. The van der Waals surface area contributed by atoms with Gasteiger partial charge in [0.25, 0.3) is 0 Å². The molecule has 1 heterocycles. The molecular weight excluding hydrogens is 419 g/mol. The van der Waals surface area contributed by atoms with Gasteiger partial charge in [-0.05, 0) is 89.3 Å². The van der Waals surface area contributed by atoms with Crippen LogP contribution in [-0.2, 0) is 25.5 Å². The van der Waals surface area contributed by atoms with Gasteiger partial charge < -0.3 is 9.47 Å². The molecule has 0 bridgehead atoms. The molecule has 33 heavy (non-hydrogen) atoms. The van der Waals surface area contributed by atoms with Crippen molar-refractivity contribution in [3.05, 3.63) is 65.2 Å². The van der Waals surface area contributed by atoms with E-state index in [-0.39, 0.29) is 17.4 Å². The van der Waals surface area contributed by atoms with Crippen molar-refractivity contribution in [2.45, 2.75) is 73.0 Å². The Hall–Kier alpha value is -2.79. The normalized spacial score (nSPS) is 17.8. The van der Waals surface area contributed by atoms with Gasteiger partial charge in [0.2, 0.25) is 0 Å². The number of halogens is 1. The molecule has 0 fully saturated rings. The average Bonchev–Trinajstić information content (AvgIpc) is 2.71. The molecule has 2 aromatic rings. The largest absolute Gasteiger partial charge is 0.427 e. The summed E-state index contributed by atoms with van der Waals surface area (Å²) in [4.78, 5) is 26.5. The topological polar surface area (TPSA) is 52.6 Å². The number of hydrogen-bond acceptors (Lipinski definition) is 4. The van der Waals surface area contributed by atoms with Gasteiger partial charge in [0, 0.05) is 0 Å². The summed E-state index contributed by atoms with van der Waals surface area (Å²) in [6.07, 6.45) is 0.656. The van der Waals surface area contributed by atoms with Gasteiger partial charge in [-0.25, -0.2) is 4.39 Å².